The number of methoxy groups -OCH3 is 1. The molecule has 0 heterocycles. The highest BCUT2D eigenvalue weighted by molar-refractivity contribution is 7.92. The third-order valence-corrected chi connectivity index (χ3v) is 7.99. The number of benzene rings is 2. The van der Waals surface area contributed by atoms with Crippen LogP contribution in [0.2, 0.25) is 0 Å². The Balaban J connectivity index is 1.72. The SMILES string of the molecule is COc1cccc(N(CCCC(=O)N(Cc2cccc(C)c2)C(C)C(=O)NC2CCCC2)S(C)(=O)=O)c1. The number of amides is 2. The van der Waals surface area contributed by atoms with Crippen LogP contribution in [0.15, 0.2) is 48.5 Å². The molecule has 1 atom stereocenters. The molecule has 1 fully saturated rings. The van der Waals surface area contributed by atoms with Crippen LogP contribution >= 0.6 is 0 Å². The molecule has 2 amide bonds. The molecule has 9 heteroatoms. The molecular weight excluding hydrogens is 490 g/mol. The average molecular weight is 530 g/mol. The Hall–Kier alpha value is -3.07. The van der Waals surface area contributed by atoms with Crippen LogP contribution in [0.5, 0.6) is 5.75 Å². The second kappa shape index (κ2) is 12.9. The van der Waals surface area contributed by atoms with Gasteiger partial charge in [-0.25, -0.2) is 8.42 Å². The Morgan fingerprint density at radius 1 is 1.11 bits per heavy atom. The lowest BCUT2D eigenvalue weighted by atomic mass is 10.1. The number of nitrogens with one attached hydrogen (secondary N) is 1. The Kier molecular flexibility index (Phi) is 9.97. The third-order valence-electron chi connectivity index (χ3n) is 6.80. The summed E-state index contributed by atoms with van der Waals surface area (Å²) in [6.07, 6.45) is 5.72. The van der Waals surface area contributed by atoms with Crippen LogP contribution in [-0.2, 0) is 26.2 Å². The predicted molar refractivity (Wildman–Crippen MR) is 146 cm³/mol. The van der Waals surface area contributed by atoms with Crippen molar-refractivity contribution in [1.29, 1.82) is 0 Å². The van der Waals surface area contributed by atoms with Crippen LogP contribution in [0.1, 0.15) is 56.6 Å². The van der Waals surface area contributed by atoms with Gasteiger partial charge in [0.2, 0.25) is 21.8 Å². The number of anilines is 1. The molecular formula is C28H39N3O5S. The van der Waals surface area contributed by atoms with Gasteiger partial charge in [0.05, 0.1) is 19.1 Å². The molecule has 2 aromatic rings. The third kappa shape index (κ3) is 8.21. The van der Waals surface area contributed by atoms with Gasteiger partial charge in [0.15, 0.2) is 0 Å². The number of hydrogen-bond acceptors (Lipinski definition) is 5. The summed E-state index contributed by atoms with van der Waals surface area (Å²) in [7, 11) is -2.05. The first-order valence-corrected chi connectivity index (χ1v) is 14.7. The van der Waals surface area contributed by atoms with Crippen molar-refractivity contribution in [2.75, 3.05) is 24.2 Å². The first kappa shape index (κ1) is 28.5. The fourth-order valence-corrected chi connectivity index (χ4v) is 5.71. The van der Waals surface area contributed by atoms with Gasteiger partial charge in [0, 0.05) is 31.6 Å². The highest BCUT2D eigenvalue weighted by Gasteiger charge is 2.28. The molecule has 0 aromatic heterocycles. The van der Waals surface area contributed by atoms with E-state index < -0.39 is 16.1 Å². The van der Waals surface area contributed by atoms with Crippen LogP contribution in [0.3, 0.4) is 0 Å². The molecule has 0 radical (unpaired) electrons. The number of aryl methyl sites for hydroxylation is 1. The summed E-state index contributed by atoms with van der Waals surface area (Å²) >= 11 is 0. The van der Waals surface area contributed by atoms with Gasteiger partial charge in [0.25, 0.3) is 0 Å². The second-order valence-corrected chi connectivity index (χ2v) is 11.7. The van der Waals surface area contributed by atoms with E-state index in [9.17, 15) is 18.0 Å². The number of rotatable bonds is 12. The zero-order valence-corrected chi connectivity index (χ0v) is 23.1. The molecule has 1 aliphatic carbocycles. The molecule has 202 valence electrons. The topological polar surface area (TPSA) is 96.0 Å². The van der Waals surface area contributed by atoms with E-state index in [-0.39, 0.29) is 30.8 Å². The standard InChI is InChI=1S/C28H39N3O5S/c1-21-10-7-11-23(18-21)20-30(22(2)28(33)29-24-12-5-6-13-24)27(32)16-9-17-31(37(4,34)35)25-14-8-15-26(19-25)36-3/h7-8,10-11,14-15,18-19,22,24H,5-6,9,12-13,16-17,20H2,1-4H3,(H,29,33). The molecule has 0 bridgehead atoms. The van der Waals surface area contributed by atoms with E-state index in [1.54, 1.807) is 36.1 Å². The number of sulfonamides is 1. The first-order valence-electron chi connectivity index (χ1n) is 12.9. The summed E-state index contributed by atoms with van der Waals surface area (Å²) in [4.78, 5) is 28.1. The molecule has 0 spiro atoms. The molecule has 8 nitrogen and oxygen atoms in total. The fraction of sp³-hybridized carbons (Fsp3) is 0.500. The van der Waals surface area contributed by atoms with Gasteiger partial charge in [-0.05, 0) is 50.8 Å². The number of carbonyl (C=O) groups excluding carboxylic acids is 2. The lowest BCUT2D eigenvalue weighted by molar-refractivity contribution is -0.141. The van der Waals surface area contributed by atoms with E-state index in [2.05, 4.69) is 5.32 Å². The maximum absolute atomic E-state index is 13.4. The van der Waals surface area contributed by atoms with Crippen LogP contribution in [0.4, 0.5) is 5.69 Å². The Morgan fingerprint density at radius 2 is 1.81 bits per heavy atom. The monoisotopic (exact) mass is 529 g/mol. The maximum Gasteiger partial charge on any atom is 0.242 e. The van der Waals surface area contributed by atoms with E-state index in [0.29, 0.717) is 24.4 Å². The summed E-state index contributed by atoms with van der Waals surface area (Å²) in [6, 6.07) is 14.2. The van der Waals surface area contributed by atoms with Gasteiger partial charge in [-0.15, -0.1) is 0 Å². The van der Waals surface area contributed by atoms with Crippen molar-refractivity contribution in [3.8, 4) is 5.75 Å². The molecule has 37 heavy (non-hydrogen) atoms. The van der Waals surface area contributed by atoms with E-state index in [1.807, 2.05) is 31.2 Å². The highest BCUT2D eigenvalue weighted by atomic mass is 32.2. The molecule has 1 unspecified atom stereocenters. The Morgan fingerprint density at radius 3 is 2.46 bits per heavy atom. The highest BCUT2D eigenvalue weighted by Crippen LogP contribution is 2.24. The normalized spacial score (nSPS) is 14.7. The van der Waals surface area contributed by atoms with Crippen molar-refractivity contribution >= 4 is 27.5 Å². The van der Waals surface area contributed by atoms with Crippen LogP contribution in [-0.4, -0.2) is 57.1 Å². The van der Waals surface area contributed by atoms with Gasteiger partial charge in [-0.3, -0.25) is 13.9 Å². The molecule has 0 aliphatic heterocycles. The van der Waals surface area contributed by atoms with E-state index in [4.69, 9.17) is 4.74 Å². The zero-order chi connectivity index (χ0) is 27.0. The van der Waals surface area contributed by atoms with E-state index >= 15 is 0 Å². The van der Waals surface area contributed by atoms with Crippen molar-refractivity contribution in [3.05, 3.63) is 59.7 Å². The van der Waals surface area contributed by atoms with Crippen molar-refractivity contribution in [3.63, 3.8) is 0 Å². The Bertz CT molecular complexity index is 1180. The second-order valence-electron chi connectivity index (χ2n) is 9.82. The predicted octanol–water partition coefficient (Wildman–Crippen LogP) is 4.03. The van der Waals surface area contributed by atoms with Crippen LogP contribution in [0, 0.1) is 6.92 Å². The quantitative estimate of drug-likeness (QED) is 0.448. The smallest absolute Gasteiger partial charge is 0.242 e. The van der Waals surface area contributed by atoms with Crippen molar-refractivity contribution in [2.45, 2.75) is 71.0 Å². The van der Waals surface area contributed by atoms with Gasteiger partial charge in [-0.2, -0.15) is 0 Å². The van der Waals surface area contributed by atoms with Crippen molar-refractivity contribution in [1.82, 2.24) is 10.2 Å². The van der Waals surface area contributed by atoms with Crippen molar-refractivity contribution < 1.29 is 22.7 Å². The van der Waals surface area contributed by atoms with E-state index in [1.165, 1.54) is 11.4 Å². The molecule has 1 saturated carbocycles. The summed E-state index contributed by atoms with van der Waals surface area (Å²) in [6.45, 7) is 4.20. The molecule has 2 aromatic carbocycles. The lowest BCUT2D eigenvalue weighted by Crippen LogP contribution is -2.49. The van der Waals surface area contributed by atoms with Crippen LogP contribution in [0.25, 0.3) is 0 Å². The molecule has 1 aliphatic rings. The summed E-state index contributed by atoms with van der Waals surface area (Å²) < 4.78 is 31.5. The van der Waals surface area contributed by atoms with Gasteiger partial charge in [-0.1, -0.05) is 48.7 Å². The first-order chi connectivity index (χ1) is 17.6. The zero-order valence-electron chi connectivity index (χ0n) is 22.3. The minimum Gasteiger partial charge on any atom is -0.497 e. The number of nitrogens with zero attached hydrogens (tertiary/aromatic N) is 2. The summed E-state index contributed by atoms with van der Waals surface area (Å²) in [5, 5.41) is 3.11. The van der Waals surface area contributed by atoms with Gasteiger partial charge in [0.1, 0.15) is 11.8 Å². The van der Waals surface area contributed by atoms with Gasteiger partial charge >= 0.3 is 0 Å². The summed E-state index contributed by atoms with van der Waals surface area (Å²) in [5.74, 6) is 0.213. The van der Waals surface area contributed by atoms with Crippen LogP contribution < -0.4 is 14.4 Å². The fourth-order valence-electron chi connectivity index (χ4n) is 4.75. The lowest BCUT2D eigenvalue weighted by Gasteiger charge is -2.30. The van der Waals surface area contributed by atoms with Gasteiger partial charge < -0.3 is 15.0 Å². The number of ether oxygens (including phenoxy) is 1. The minimum absolute atomic E-state index is 0.114. The molecule has 3 rings (SSSR count). The minimum atomic E-state index is -3.57. The Labute approximate surface area is 221 Å². The summed E-state index contributed by atoms with van der Waals surface area (Å²) in [5.41, 5.74) is 2.51. The maximum atomic E-state index is 13.4. The largest absolute Gasteiger partial charge is 0.497 e. The molecule has 0 saturated heterocycles. The number of carbonyl (C=O) groups is 2. The van der Waals surface area contributed by atoms with Crippen molar-refractivity contribution in [2.24, 2.45) is 0 Å². The number of hydrogen-bond donors (Lipinski definition) is 1. The average Bonchev–Trinajstić information content (AvgIpc) is 3.37. The molecule has 1 N–H and O–H groups in total. The van der Waals surface area contributed by atoms with E-state index in [0.717, 1.165) is 43.1 Å².